The molecule has 0 spiro atoms. The Labute approximate surface area is 99.4 Å². The van der Waals surface area contributed by atoms with Crippen LogP contribution in [-0.4, -0.2) is 26.3 Å². The smallest absolute Gasteiger partial charge is 0.191 e. The van der Waals surface area contributed by atoms with Gasteiger partial charge in [-0.3, -0.25) is 0 Å². The molecule has 3 nitrogen and oxygen atoms in total. The van der Waals surface area contributed by atoms with Crippen LogP contribution in [0.5, 0.6) is 0 Å². The number of thiol groups is 1. The highest BCUT2D eigenvalue weighted by Crippen LogP contribution is 2.45. The summed E-state index contributed by atoms with van der Waals surface area (Å²) in [7, 11) is 0. The van der Waals surface area contributed by atoms with Crippen molar-refractivity contribution >= 4 is 24.4 Å². The normalized spacial score (nSPS) is 20.9. The molecule has 0 unspecified atom stereocenters. The van der Waals surface area contributed by atoms with E-state index in [1.165, 1.54) is 31.5 Å². The van der Waals surface area contributed by atoms with Crippen molar-refractivity contribution in [3.63, 3.8) is 0 Å². The maximum absolute atomic E-state index is 4.36. The molecule has 0 saturated heterocycles. The molecule has 0 amide bonds. The Bertz CT molecular complexity index is 356. The quantitative estimate of drug-likeness (QED) is 0.635. The summed E-state index contributed by atoms with van der Waals surface area (Å²) >= 11 is 6.03. The molecule has 0 atom stereocenters. The Morgan fingerprint density at radius 2 is 2.07 bits per heavy atom. The number of hydrogen-bond acceptors (Lipinski definition) is 4. The molecule has 0 N–H and O–H groups in total. The first-order valence-electron chi connectivity index (χ1n) is 5.58. The Hall–Kier alpha value is -0.160. The van der Waals surface area contributed by atoms with Crippen molar-refractivity contribution in [2.24, 2.45) is 0 Å². The monoisotopic (exact) mass is 241 g/mol. The first-order valence-corrected chi connectivity index (χ1v) is 7.20. The summed E-state index contributed by atoms with van der Waals surface area (Å²) in [6.07, 6.45) is 5.24. The molecule has 82 valence electrons. The van der Waals surface area contributed by atoms with E-state index in [9.17, 15) is 0 Å². The molecule has 1 aromatic heterocycles. The van der Waals surface area contributed by atoms with Crippen molar-refractivity contribution in [3.8, 4) is 0 Å². The van der Waals surface area contributed by atoms with Crippen LogP contribution in [0.4, 0.5) is 0 Å². The van der Waals surface area contributed by atoms with Crippen LogP contribution in [-0.2, 0) is 0 Å². The van der Waals surface area contributed by atoms with Gasteiger partial charge in [0, 0.05) is 17.7 Å². The molecule has 2 aliphatic carbocycles. The molecule has 2 aliphatic rings. The van der Waals surface area contributed by atoms with Gasteiger partial charge in [0.2, 0.25) is 0 Å². The van der Waals surface area contributed by atoms with E-state index >= 15 is 0 Å². The maximum atomic E-state index is 4.36. The topological polar surface area (TPSA) is 30.7 Å². The van der Waals surface area contributed by atoms with Crippen LogP contribution in [0.3, 0.4) is 0 Å². The lowest BCUT2D eigenvalue weighted by molar-refractivity contribution is 0.627. The minimum atomic E-state index is 0.706. The fraction of sp³-hybridized carbons (Fsp3) is 0.800. The Kier molecular flexibility index (Phi) is 2.68. The first-order chi connectivity index (χ1) is 7.40. The minimum Gasteiger partial charge on any atom is -0.303 e. The summed E-state index contributed by atoms with van der Waals surface area (Å²) in [6, 6.07) is 0.706. The van der Waals surface area contributed by atoms with E-state index in [1.807, 2.05) is 0 Å². The zero-order chi connectivity index (χ0) is 10.3. The lowest BCUT2D eigenvalue weighted by atomic mass is 10.4. The van der Waals surface area contributed by atoms with Crippen molar-refractivity contribution < 1.29 is 0 Å². The molecule has 0 aliphatic heterocycles. The summed E-state index contributed by atoms with van der Waals surface area (Å²) in [4.78, 5) is 0. The fourth-order valence-corrected chi connectivity index (χ4v) is 2.85. The van der Waals surface area contributed by atoms with Gasteiger partial charge in [-0.05, 0) is 31.4 Å². The second kappa shape index (κ2) is 4.01. The molecule has 0 bridgehead atoms. The molecular weight excluding hydrogens is 226 g/mol. The van der Waals surface area contributed by atoms with Crippen LogP contribution < -0.4 is 0 Å². The van der Waals surface area contributed by atoms with Crippen LogP contribution in [0.2, 0.25) is 0 Å². The third-order valence-electron chi connectivity index (χ3n) is 2.87. The van der Waals surface area contributed by atoms with Gasteiger partial charge in [-0.25, -0.2) is 0 Å². The molecule has 5 heteroatoms. The van der Waals surface area contributed by atoms with Gasteiger partial charge in [0.15, 0.2) is 5.16 Å². The summed E-state index contributed by atoms with van der Waals surface area (Å²) < 4.78 is 2.39. The van der Waals surface area contributed by atoms with Gasteiger partial charge in [-0.15, -0.1) is 10.2 Å². The second-order valence-electron chi connectivity index (χ2n) is 4.29. The highest BCUT2D eigenvalue weighted by molar-refractivity contribution is 7.99. The first kappa shape index (κ1) is 10.0. The number of hydrogen-bond donors (Lipinski definition) is 1. The molecule has 3 rings (SSSR count). The van der Waals surface area contributed by atoms with Crippen LogP contribution in [0.1, 0.15) is 43.5 Å². The maximum Gasteiger partial charge on any atom is 0.191 e. The number of thioether (sulfide) groups is 1. The van der Waals surface area contributed by atoms with Crippen molar-refractivity contribution in [1.29, 1.82) is 0 Å². The Morgan fingerprint density at radius 3 is 2.67 bits per heavy atom. The van der Waals surface area contributed by atoms with Crippen molar-refractivity contribution in [2.75, 3.05) is 11.5 Å². The number of rotatable bonds is 5. The van der Waals surface area contributed by atoms with Gasteiger partial charge in [-0.2, -0.15) is 12.6 Å². The van der Waals surface area contributed by atoms with Gasteiger partial charge in [0.05, 0.1) is 0 Å². The third-order valence-corrected chi connectivity index (χ3v) is 4.34. The predicted molar refractivity (Wildman–Crippen MR) is 64.8 cm³/mol. The molecule has 15 heavy (non-hydrogen) atoms. The van der Waals surface area contributed by atoms with Gasteiger partial charge in [0.1, 0.15) is 5.82 Å². The van der Waals surface area contributed by atoms with E-state index in [4.69, 9.17) is 0 Å². The highest BCUT2D eigenvalue weighted by Gasteiger charge is 2.36. The average molecular weight is 241 g/mol. The van der Waals surface area contributed by atoms with E-state index in [2.05, 4.69) is 27.4 Å². The van der Waals surface area contributed by atoms with Crippen LogP contribution in [0, 0.1) is 0 Å². The third kappa shape index (κ3) is 2.04. The summed E-state index contributed by atoms with van der Waals surface area (Å²) in [5.74, 6) is 3.89. The van der Waals surface area contributed by atoms with E-state index in [0.29, 0.717) is 12.0 Å². The average Bonchev–Trinajstić information content (AvgIpc) is 3.13. The van der Waals surface area contributed by atoms with Gasteiger partial charge >= 0.3 is 0 Å². The minimum absolute atomic E-state index is 0.706. The molecule has 2 fully saturated rings. The Morgan fingerprint density at radius 1 is 1.27 bits per heavy atom. The van der Waals surface area contributed by atoms with Crippen molar-refractivity contribution in [2.45, 2.75) is 42.8 Å². The summed E-state index contributed by atoms with van der Waals surface area (Å²) in [5.41, 5.74) is 0. The van der Waals surface area contributed by atoms with Gasteiger partial charge in [-0.1, -0.05) is 11.8 Å². The van der Waals surface area contributed by atoms with Crippen molar-refractivity contribution in [1.82, 2.24) is 14.8 Å². The van der Waals surface area contributed by atoms with Crippen LogP contribution in [0.15, 0.2) is 5.16 Å². The number of aromatic nitrogens is 3. The molecule has 0 radical (unpaired) electrons. The van der Waals surface area contributed by atoms with Crippen molar-refractivity contribution in [3.05, 3.63) is 5.82 Å². The molecule has 2 saturated carbocycles. The number of nitrogens with zero attached hydrogens (tertiary/aromatic N) is 3. The van der Waals surface area contributed by atoms with E-state index in [1.54, 1.807) is 11.8 Å². The summed E-state index contributed by atoms with van der Waals surface area (Å²) in [5, 5.41) is 9.80. The zero-order valence-corrected chi connectivity index (χ0v) is 10.3. The van der Waals surface area contributed by atoms with Gasteiger partial charge < -0.3 is 4.57 Å². The second-order valence-corrected chi connectivity index (χ2v) is 5.80. The van der Waals surface area contributed by atoms with E-state index in [-0.39, 0.29) is 0 Å². The fourth-order valence-electron chi connectivity index (χ4n) is 1.82. The zero-order valence-electron chi connectivity index (χ0n) is 8.59. The van der Waals surface area contributed by atoms with E-state index < -0.39 is 0 Å². The SMILES string of the molecule is SCCSc1nnc(C2CC2)n1C1CC1. The predicted octanol–water partition coefficient (Wildman–Crippen LogP) is 2.51. The largest absolute Gasteiger partial charge is 0.303 e. The van der Waals surface area contributed by atoms with Gasteiger partial charge in [0.25, 0.3) is 0 Å². The molecule has 1 aromatic rings. The molecule has 0 aromatic carbocycles. The lowest BCUT2D eigenvalue weighted by Gasteiger charge is -2.06. The van der Waals surface area contributed by atoms with Crippen LogP contribution in [0.25, 0.3) is 0 Å². The Balaban J connectivity index is 1.85. The van der Waals surface area contributed by atoms with Crippen LogP contribution >= 0.6 is 24.4 Å². The summed E-state index contributed by atoms with van der Waals surface area (Å²) in [6.45, 7) is 0. The molecular formula is C10H15N3S2. The molecule has 1 heterocycles. The van der Waals surface area contributed by atoms with E-state index in [0.717, 1.165) is 16.7 Å². The highest BCUT2D eigenvalue weighted by atomic mass is 32.2. The standard InChI is InChI=1S/C10H15N3S2/c14-5-6-15-10-12-11-9(7-1-2-7)13(10)8-3-4-8/h7-8,14H,1-6H2. The lowest BCUT2D eigenvalue weighted by Crippen LogP contribution is -2.02.